The molecule has 32 heavy (non-hydrogen) atoms. The van der Waals surface area contributed by atoms with Gasteiger partial charge in [0.1, 0.15) is 17.6 Å². The smallest absolute Gasteiger partial charge is 0.245 e. The number of ether oxygens (including phenoxy) is 1. The Morgan fingerprint density at radius 1 is 1.34 bits per heavy atom. The minimum Gasteiger partial charge on any atom is -0.495 e. The lowest BCUT2D eigenvalue weighted by Crippen LogP contribution is -2.26. The molecule has 4 heterocycles. The van der Waals surface area contributed by atoms with Crippen LogP contribution in [0, 0.1) is 13.8 Å². The van der Waals surface area contributed by atoms with Crippen LogP contribution in [0.15, 0.2) is 37.2 Å². The van der Waals surface area contributed by atoms with Crippen LogP contribution < -0.4 is 10.5 Å². The highest BCUT2D eigenvalue weighted by molar-refractivity contribution is 7.23. The Kier molecular flexibility index (Phi) is 4.89. The number of nitrogen functional groups attached to an aromatic ring is 1. The molecule has 1 aliphatic heterocycles. The summed E-state index contributed by atoms with van der Waals surface area (Å²) in [6.45, 7) is 9.17. The van der Waals surface area contributed by atoms with Crippen molar-refractivity contribution in [3.8, 4) is 16.2 Å². The number of carbonyl (C=O) groups excluding carboxylic acids is 1. The van der Waals surface area contributed by atoms with Crippen molar-refractivity contribution in [1.29, 1.82) is 0 Å². The highest BCUT2D eigenvalue weighted by Crippen LogP contribution is 2.46. The summed E-state index contributed by atoms with van der Waals surface area (Å²) < 4.78 is 8.68. The Labute approximate surface area is 190 Å². The molecular weight excluding hydrogens is 422 g/mol. The van der Waals surface area contributed by atoms with E-state index < -0.39 is 0 Å². The number of aryl methyl sites for hydroxylation is 2. The number of hydrogen-bond acceptors (Lipinski definition) is 6. The van der Waals surface area contributed by atoms with Crippen molar-refractivity contribution in [2.24, 2.45) is 0 Å². The molecule has 5 rings (SSSR count). The summed E-state index contributed by atoms with van der Waals surface area (Å²) >= 11 is 1.70. The number of amides is 1. The standard InChI is InChI=1S/C24H25N5O2S/c1-5-20(30)28-7-6-15(11-28)18-10-17(21-24(25)26-12-27-29(18)21)22-14(3)16-8-13(2)9-19(31-4)23(16)32-22/h5,8-10,12,15H,1,6-7,11H2,2-4H3,(H2,25,26,27)/t15-/m1/s1. The molecule has 3 aromatic heterocycles. The molecule has 0 bridgehead atoms. The average molecular weight is 448 g/mol. The van der Waals surface area contributed by atoms with Crippen molar-refractivity contribution in [1.82, 2.24) is 19.5 Å². The third kappa shape index (κ3) is 3.05. The maximum atomic E-state index is 12.1. The normalized spacial score (nSPS) is 16.2. The van der Waals surface area contributed by atoms with E-state index in [1.807, 2.05) is 9.42 Å². The second-order valence-electron chi connectivity index (χ2n) is 8.26. The van der Waals surface area contributed by atoms with Gasteiger partial charge < -0.3 is 15.4 Å². The highest BCUT2D eigenvalue weighted by Gasteiger charge is 2.30. The second kappa shape index (κ2) is 7.63. The fraction of sp³-hybridized carbons (Fsp3) is 0.292. The van der Waals surface area contributed by atoms with E-state index in [0.717, 1.165) is 44.1 Å². The van der Waals surface area contributed by atoms with E-state index in [1.54, 1.807) is 18.4 Å². The Balaban J connectivity index is 1.70. The molecule has 2 N–H and O–H groups in total. The lowest BCUT2D eigenvalue weighted by atomic mass is 10.0. The highest BCUT2D eigenvalue weighted by atomic mass is 32.1. The number of methoxy groups -OCH3 is 1. The molecule has 1 atom stereocenters. The van der Waals surface area contributed by atoms with Crippen LogP contribution in [0.2, 0.25) is 0 Å². The molecule has 8 heteroatoms. The molecule has 0 unspecified atom stereocenters. The predicted octanol–water partition coefficient (Wildman–Crippen LogP) is 4.32. The topological polar surface area (TPSA) is 85.8 Å². The number of fused-ring (bicyclic) bond motifs is 2. The predicted molar refractivity (Wildman–Crippen MR) is 128 cm³/mol. The van der Waals surface area contributed by atoms with Crippen molar-refractivity contribution in [3.63, 3.8) is 0 Å². The molecule has 4 aromatic rings. The van der Waals surface area contributed by atoms with Crippen LogP contribution in [-0.2, 0) is 4.79 Å². The number of carbonyl (C=O) groups is 1. The molecule has 1 saturated heterocycles. The van der Waals surface area contributed by atoms with Crippen LogP contribution >= 0.6 is 11.3 Å². The Morgan fingerprint density at radius 2 is 2.16 bits per heavy atom. The lowest BCUT2D eigenvalue weighted by Gasteiger charge is -2.14. The summed E-state index contributed by atoms with van der Waals surface area (Å²) in [6.07, 6.45) is 3.73. The average Bonchev–Trinajstić information content (AvgIpc) is 3.49. The van der Waals surface area contributed by atoms with Crippen LogP contribution in [-0.4, -0.2) is 45.6 Å². The van der Waals surface area contributed by atoms with Crippen LogP contribution in [0.4, 0.5) is 5.82 Å². The van der Waals surface area contributed by atoms with Crippen LogP contribution in [0.1, 0.15) is 29.2 Å². The van der Waals surface area contributed by atoms with Crippen molar-refractivity contribution in [3.05, 3.63) is 54.0 Å². The monoisotopic (exact) mass is 447 g/mol. The van der Waals surface area contributed by atoms with Crippen LogP contribution in [0.25, 0.3) is 26.0 Å². The van der Waals surface area contributed by atoms with Gasteiger partial charge in [-0.1, -0.05) is 12.6 Å². The molecule has 0 spiro atoms. The van der Waals surface area contributed by atoms with E-state index in [0.29, 0.717) is 18.9 Å². The van der Waals surface area contributed by atoms with Gasteiger partial charge in [0.2, 0.25) is 5.91 Å². The van der Waals surface area contributed by atoms with E-state index in [4.69, 9.17) is 10.5 Å². The summed E-state index contributed by atoms with van der Waals surface area (Å²) in [5, 5.41) is 5.72. The van der Waals surface area contributed by atoms with Crippen molar-refractivity contribution in [2.45, 2.75) is 26.2 Å². The molecule has 0 saturated carbocycles. The van der Waals surface area contributed by atoms with Gasteiger partial charge in [-0.2, -0.15) is 5.10 Å². The fourth-order valence-corrected chi connectivity index (χ4v) is 6.02. The zero-order valence-electron chi connectivity index (χ0n) is 18.4. The summed E-state index contributed by atoms with van der Waals surface area (Å²) in [4.78, 5) is 19.3. The number of likely N-dealkylation sites (tertiary alicyclic amines) is 1. The summed E-state index contributed by atoms with van der Waals surface area (Å²) in [6, 6.07) is 6.43. The van der Waals surface area contributed by atoms with Crippen molar-refractivity contribution >= 4 is 38.7 Å². The van der Waals surface area contributed by atoms with E-state index in [9.17, 15) is 4.79 Å². The maximum absolute atomic E-state index is 12.1. The summed E-state index contributed by atoms with van der Waals surface area (Å²) in [5.74, 6) is 1.45. The van der Waals surface area contributed by atoms with Crippen LogP contribution in [0.5, 0.6) is 5.75 Å². The molecule has 1 fully saturated rings. The largest absolute Gasteiger partial charge is 0.495 e. The van der Waals surface area contributed by atoms with Gasteiger partial charge >= 0.3 is 0 Å². The SMILES string of the molecule is C=CC(=O)N1CC[C@@H](c2cc(-c3sc4c(OC)cc(C)cc4c3C)c3c(N)ncnn23)C1. The van der Waals surface area contributed by atoms with Gasteiger partial charge in [0, 0.05) is 40.5 Å². The Morgan fingerprint density at radius 3 is 2.91 bits per heavy atom. The molecule has 1 amide bonds. The first-order chi connectivity index (χ1) is 15.4. The van der Waals surface area contributed by atoms with Gasteiger partial charge in [-0.25, -0.2) is 9.50 Å². The van der Waals surface area contributed by atoms with Gasteiger partial charge in [-0.3, -0.25) is 4.79 Å². The number of benzene rings is 1. The van der Waals surface area contributed by atoms with Crippen molar-refractivity contribution < 1.29 is 9.53 Å². The van der Waals surface area contributed by atoms with Gasteiger partial charge in [-0.05, 0) is 49.6 Å². The van der Waals surface area contributed by atoms with Gasteiger partial charge in [0.15, 0.2) is 5.82 Å². The number of aromatic nitrogens is 3. The third-order valence-corrected chi connectivity index (χ3v) is 7.67. The number of nitrogens with zero attached hydrogens (tertiary/aromatic N) is 4. The number of nitrogens with two attached hydrogens (primary N) is 1. The van der Waals surface area contributed by atoms with Gasteiger partial charge in [0.05, 0.1) is 11.8 Å². The minimum absolute atomic E-state index is 0.0365. The molecule has 0 aliphatic carbocycles. The quantitative estimate of drug-likeness (QED) is 0.471. The maximum Gasteiger partial charge on any atom is 0.245 e. The van der Waals surface area contributed by atoms with E-state index in [2.05, 4.69) is 48.7 Å². The van der Waals surface area contributed by atoms with Gasteiger partial charge in [0.25, 0.3) is 0 Å². The van der Waals surface area contributed by atoms with E-state index in [-0.39, 0.29) is 11.8 Å². The van der Waals surface area contributed by atoms with Crippen molar-refractivity contribution in [2.75, 3.05) is 25.9 Å². The zero-order chi connectivity index (χ0) is 22.6. The number of rotatable bonds is 4. The molecule has 1 aliphatic rings. The van der Waals surface area contributed by atoms with Crippen LogP contribution in [0.3, 0.4) is 0 Å². The molecule has 0 radical (unpaired) electrons. The summed E-state index contributed by atoms with van der Waals surface area (Å²) in [5.41, 5.74) is 11.6. The molecular formula is C24H25N5O2S. The number of anilines is 1. The Bertz CT molecular complexity index is 1390. The third-order valence-electron chi connectivity index (χ3n) is 6.32. The summed E-state index contributed by atoms with van der Waals surface area (Å²) in [7, 11) is 1.71. The zero-order valence-corrected chi connectivity index (χ0v) is 19.2. The molecule has 164 valence electrons. The molecule has 7 nitrogen and oxygen atoms in total. The van der Waals surface area contributed by atoms with E-state index >= 15 is 0 Å². The number of thiophene rings is 1. The fourth-order valence-electron chi connectivity index (χ4n) is 4.72. The minimum atomic E-state index is -0.0365. The Hall–Kier alpha value is -3.39. The molecule has 1 aromatic carbocycles. The number of hydrogen-bond donors (Lipinski definition) is 1. The first kappa shape index (κ1) is 20.5. The first-order valence-corrected chi connectivity index (χ1v) is 11.4. The lowest BCUT2D eigenvalue weighted by molar-refractivity contribution is -0.125. The first-order valence-electron chi connectivity index (χ1n) is 10.5. The second-order valence-corrected chi connectivity index (χ2v) is 9.28. The van der Waals surface area contributed by atoms with Gasteiger partial charge in [-0.15, -0.1) is 11.3 Å². The van der Waals surface area contributed by atoms with E-state index in [1.165, 1.54) is 23.4 Å².